The number of hydrogen-bond acceptors (Lipinski definition) is 22. The molecular formula is C38H63N13O23. The van der Waals surface area contributed by atoms with Gasteiger partial charge in [-0.1, -0.05) is 6.42 Å². The van der Waals surface area contributed by atoms with Crippen LogP contribution in [0.25, 0.3) is 0 Å². The van der Waals surface area contributed by atoms with Crippen LogP contribution in [0.3, 0.4) is 0 Å². The minimum atomic E-state index is -2.08. The summed E-state index contributed by atoms with van der Waals surface area (Å²) in [6.45, 7) is -9.32. The van der Waals surface area contributed by atoms with E-state index in [1.165, 1.54) is 0 Å². The summed E-state index contributed by atoms with van der Waals surface area (Å²) in [6.07, 6.45) is -1.11. The predicted octanol–water partition coefficient (Wildman–Crippen LogP) is -14.3. The largest absolute Gasteiger partial charge is 0.481 e. The molecule has 0 unspecified atom stereocenters. The molecule has 36 nitrogen and oxygen atoms in total. The van der Waals surface area contributed by atoms with E-state index in [4.69, 9.17) is 21.7 Å². The van der Waals surface area contributed by atoms with E-state index in [0.717, 1.165) is 0 Å². The smallest absolute Gasteiger partial charge is 0.328 e. The zero-order chi connectivity index (χ0) is 56.7. The number of carbonyl (C=O) groups is 14. The first kappa shape index (κ1) is 66.3. The molecule has 0 aromatic rings. The maximum absolute atomic E-state index is 13.1. The third-order valence-corrected chi connectivity index (χ3v) is 9.53. The number of aliphatic hydroxyl groups is 6. The average molecular weight is 1070 g/mol. The van der Waals surface area contributed by atoms with Crippen LogP contribution in [0, 0.1) is 0 Å². The minimum Gasteiger partial charge on any atom is -0.481 e. The molecule has 0 aliphatic heterocycles. The lowest BCUT2D eigenvalue weighted by molar-refractivity contribution is -0.143. The van der Waals surface area contributed by atoms with Crippen LogP contribution in [0.5, 0.6) is 0 Å². The SMILES string of the molecule is NCCCC[C@H](N)C(=O)N[C@@H](CO)C(=O)NCC(=O)N[C@@H](CO)C(=O)N[C@@H](CC(=O)O)C(=O)N[C@@H](CO)C(=O)NCC(=O)N[C@@H](CO)C(=O)N[C@@H](CC(=O)O)C(=O)N[C@@H](CO)C(=O)NCC(=O)N[C@@H](CO)C(=O)O. The van der Waals surface area contributed by atoms with Crippen LogP contribution in [0.15, 0.2) is 0 Å². The van der Waals surface area contributed by atoms with E-state index >= 15 is 0 Å². The van der Waals surface area contributed by atoms with Crippen molar-refractivity contribution in [3.63, 3.8) is 0 Å². The average Bonchev–Trinajstić information content (AvgIpc) is 3.35. The van der Waals surface area contributed by atoms with Crippen molar-refractivity contribution in [2.24, 2.45) is 11.5 Å². The fraction of sp³-hybridized carbons (Fsp3) is 0.632. The Balaban J connectivity index is 5.55. The minimum absolute atomic E-state index is 0.214. The molecule has 0 rings (SSSR count). The zero-order valence-corrected chi connectivity index (χ0v) is 39.2. The highest BCUT2D eigenvalue weighted by atomic mass is 16.4. The number of carbonyl (C=O) groups excluding carboxylic acids is 11. The van der Waals surface area contributed by atoms with Gasteiger partial charge >= 0.3 is 17.9 Å². The normalized spacial score (nSPS) is 14.4. The molecule has 0 aliphatic carbocycles. The first-order valence-corrected chi connectivity index (χ1v) is 21.8. The van der Waals surface area contributed by atoms with Gasteiger partial charge in [-0.05, 0) is 19.4 Å². The van der Waals surface area contributed by atoms with Crippen LogP contribution >= 0.6 is 0 Å². The summed E-state index contributed by atoms with van der Waals surface area (Å²) in [5.41, 5.74) is 11.2. The Morgan fingerprint density at radius 3 is 0.905 bits per heavy atom. The number of aliphatic carboxylic acids is 3. The number of hydrogen-bond donors (Lipinski definition) is 22. The van der Waals surface area contributed by atoms with Crippen molar-refractivity contribution >= 4 is 82.9 Å². The predicted molar refractivity (Wildman–Crippen MR) is 240 cm³/mol. The van der Waals surface area contributed by atoms with Gasteiger partial charge in [0.15, 0.2) is 0 Å². The summed E-state index contributed by atoms with van der Waals surface area (Å²) in [7, 11) is 0. The molecule has 24 N–H and O–H groups in total. The Morgan fingerprint density at radius 2 is 0.622 bits per heavy atom. The molecule has 0 radical (unpaired) electrons. The molecule has 0 saturated heterocycles. The third-order valence-electron chi connectivity index (χ3n) is 9.53. The number of carboxylic acids is 3. The molecule has 0 fully saturated rings. The van der Waals surface area contributed by atoms with Crippen molar-refractivity contribution in [2.75, 3.05) is 65.8 Å². The molecule has 0 bridgehead atoms. The van der Waals surface area contributed by atoms with Gasteiger partial charge in [-0.25, -0.2) is 4.79 Å². The molecule has 0 spiro atoms. The number of aliphatic hydroxyl groups excluding tert-OH is 6. The summed E-state index contributed by atoms with van der Waals surface area (Å²) in [5, 5.41) is 107. The molecule has 418 valence electrons. The highest BCUT2D eigenvalue weighted by molar-refractivity contribution is 5.99. The number of amides is 11. The van der Waals surface area contributed by atoms with Gasteiger partial charge in [-0.15, -0.1) is 0 Å². The second-order valence-corrected chi connectivity index (χ2v) is 15.3. The van der Waals surface area contributed by atoms with E-state index in [1.54, 1.807) is 0 Å². The Bertz CT molecular complexity index is 2000. The van der Waals surface area contributed by atoms with Crippen LogP contribution in [0.1, 0.15) is 32.1 Å². The molecule has 9 atom stereocenters. The van der Waals surface area contributed by atoms with Crippen molar-refractivity contribution in [3.8, 4) is 0 Å². The Kier molecular flexibility index (Phi) is 31.7. The number of nitrogens with two attached hydrogens (primary N) is 2. The first-order chi connectivity index (χ1) is 34.8. The highest BCUT2D eigenvalue weighted by Crippen LogP contribution is 2.01. The van der Waals surface area contributed by atoms with Crippen LogP contribution in [-0.4, -0.2) is 249 Å². The summed E-state index contributed by atoms with van der Waals surface area (Å²) < 4.78 is 0. The van der Waals surface area contributed by atoms with E-state index in [2.05, 4.69) is 10.6 Å². The van der Waals surface area contributed by atoms with Gasteiger partial charge in [0.2, 0.25) is 65.0 Å². The van der Waals surface area contributed by atoms with Crippen molar-refractivity contribution in [1.82, 2.24) is 58.5 Å². The van der Waals surface area contributed by atoms with E-state index in [1.807, 2.05) is 47.9 Å². The quantitative estimate of drug-likeness (QED) is 0.0257. The van der Waals surface area contributed by atoms with Gasteiger partial charge in [0.1, 0.15) is 48.3 Å². The molecule has 0 aromatic heterocycles. The van der Waals surface area contributed by atoms with Crippen molar-refractivity contribution in [2.45, 2.75) is 86.5 Å². The van der Waals surface area contributed by atoms with Crippen molar-refractivity contribution in [1.29, 1.82) is 0 Å². The van der Waals surface area contributed by atoms with Gasteiger partial charge < -0.3 is 116 Å². The molecule has 74 heavy (non-hydrogen) atoms. The second kappa shape index (κ2) is 35.4. The zero-order valence-electron chi connectivity index (χ0n) is 39.2. The third kappa shape index (κ3) is 25.6. The van der Waals surface area contributed by atoms with Gasteiger partial charge in [0, 0.05) is 0 Å². The summed E-state index contributed by atoms with van der Waals surface area (Å²) in [4.78, 5) is 173. The van der Waals surface area contributed by atoms with Crippen molar-refractivity contribution < 1.29 is 113 Å². The topological polar surface area (TPSA) is 605 Å². The lowest BCUT2D eigenvalue weighted by Crippen LogP contribution is -2.60. The number of nitrogens with one attached hydrogen (secondary N) is 11. The summed E-state index contributed by atoms with van der Waals surface area (Å²) >= 11 is 0. The summed E-state index contributed by atoms with van der Waals surface area (Å²) in [5.74, 6) is -18.8. The lowest BCUT2D eigenvalue weighted by Gasteiger charge is -2.24. The van der Waals surface area contributed by atoms with E-state index in [9.17, 15) is 103 Å². The van der Waals surface area contributed by atoms with Gasteiger partial charge in [-0.2, -0.15) is 0 Å². The fourth-order valence-corrected chi connectivity index (χ4v) is 5.54. The number of carboxylic acid groups (broad SMARTS) is 3. The van der Waals surface area contributed by atoms with Crippen molar-refractivity contribution in [3.05, 3.63) is 0 Å². The molecule has 0 aromatic carbocycles. The van der Waals surface area contributed by atoms with Gasteiger partial charge in [-0.3, -0.25) is 62.3 Å². The van der Waals surface area contributed by atoms with Gasteiger partial charge in [0.05, 0.1) is 78.2 Å². The fourth-order valence-electron chi connectivity index (χ4n) is 5.54. The maximum atomic E-state index is 13.1. The molecular weight excluding hydrogens is 1010 g/mol. The molecule has 36 heteroatoms. The number of unbranched alkanes of at least 4 members (excludes halogenated alkanes) is 1. The molecule has 0 heterocycles. The Labute approximate surface area is 417 Å². The molecule has 0 aliphatic rings. The first-order valence-electron chi connectivity index (χ1n) is 21.8. The monoisotopic (exact) mass is 1070 g/mol. The standard InChI is InChI=1S/C38H63N13O23/c39-4-2-1-3-16(40)30(65)49-19(10-52)31(66)41-7-25(58)44-22(13-55)36(71)47-17(5-28(61)62)34(69)50-20(11-53)32(67)42-8-26(59)45-23(14-56)37(72)48-18(6-29(63)64)35(70)51-21(12-54)33(68)43-9-27(60)46-24(15-57)38(73)74/h16-24,52-57H,1-15,39-40H2,(H,41,66)(H,42,67)(H,43,68)(H,44,58)(H,45,59)(H,46,60)(H,47,71)(H,48,72)(H,49,65)(H,50,69)(H,51,70)(H,61,62)(H,63,64)(H,73,74)/t16-,17-,18-,19-,20-,21-,22-,23-,24-/m0/s1. The highest BCUT2D eigenvalue weighted by Gasteiger charge is 2.34. The van der Waals surface area contributed by atoms with Crippen LogP contribution < -0.4 is 70.0 Å². The maximum Gasteiger partial charge on any atom is 0.328 e. The van der Waals surface area contributed by atoms with Crippen LogP contribution in [0.4, 0.5) is 0 Å². The lowest BCUT2D eigenvalue weighted by atomic mass is 10.1. The molecule has 11 amide bonds. The van der Waals surface area contributed by atoms with Gasteiger partial charge in [0.25, 0.3) is 0 Å². The Morgan fingerprint density at radius 1 is 0.351 bits per heavy atom. The van der Waals surface area contributed by atoms with Crippen LogP contribution in [-0.2, 0) is 67.1 Å². The van der Waals surface area contributed by atoms with E-state index in [0.29, 0.717) is 19.4 Å². The molecule has 0 saturated carbocycles. The second-order valence-electron chi connectivity index (χ2n) is 15.3. The van der Waals surface area contributed by atoms with Crippen LogP contribution in [0.2, 0.25) is 0 Å². The van der Waals surface area contributed by atoms with E-state index < -0.39 is 209 Å². The Hall–Kier alpha value is -7.74. The summed E-state index contributed by atoms with van der Waals surface area (Å²) in [6, 6.07) is -16.3. The van der Waals surface area contributed by atoms with E-state index in [-0.39, 0.29) is 6.42 Å². The number of rotatable bonds is 37.